The molecule has 0 aliphatic heterocycles. The Kier molecular flexibility index (Phi) is 6.02. The molecule has 0 saturated heterocycles. The maximum absolute atomic E-state index is 12.4. The molecule has 4 rings (SSSR count). The summed E-state index contributed by atoms with van der Waals surface area (Å²) in [5.41, 5.74) is 2.85. The van der Waals surface area contributed by atoms with Gasteiger partial charge >= 0.3 is 0 Å². The molecular weight excluding hydrogens is 380 g/mol. The van der Waals surface area contributed by atoms with Gasteiger partial charge in [-0.2, -0.15) is 5.10 Å². The summed E-state index contributed by atoms with van der Waals surface area (Å²) in [4.78, 5) is 17.7. The highest BCUT2D eigenvalue weighted by atomic mass is 32.2. The zero-order valence-corrected chi connectivity index (χ0v) is 16.5. The summed E-state index contributed by atoms with van der Waals surface area (Å²) in [6.45, 7) is 0.588. The lowest BCUT2D eigenvalue weighted by atomic mass is 10.1. The van der Waals surface area contributed by atoms with Crippen LogP contribution in [0.25, 0.3) is 5.69 Å². The van der Waals surface area contributed by atoms with Gasteiger partial charge in [0.1, 0.15) is 5.03 Å². The lowest BCUT2D eigenvalue weighted by molar-refractivity contribution is 0.0954. The van der Waals surface area contributed by atoms with Crippen LogP contribution in [0.2, 0.25) is 0 Å². The van der Waals surface area contributed by atoms with Crippen LogP contribution in [0.3, 0.4) is 0 Å². The van der Waals surface area contributed by atoms with Gasteiger partial charge in [0.15, 0.2) is 0 Å². The van der Waals surface area contributed by atoms with E-state index in [1.54, 1.807) is 24.2 Å². The van der Waals surface area contributed by atoms with Crippen LogP contribution in [-0.4, -0.2) is 27.2 Å². The summed E-state index contributed by atoms with van der Waals surface area (Å²) in [6.07, 6.45) is 6.22. The van der Waals surface area contributed by atoms with Gasteiger partial charge in [-0.1, -0.05) is 30.0 Å². The first-order chi connectivity index (χ1) is 14.3. The third-order valence-corrected chi connectivity index (χ3v) is 5.34. The molecule has 0 aliphatic rings. The summed E-state index contributed by atoms with van der Waals surface area (Å²) < 4.78 is 1.82. The van der Waals surface area contributed by atoms with Gasteiger partial charge in [0.25, 0.3) is 5.91 Å². The lowest BCUT2D eigenvalue weighted by Crippen LogP contribution is -2.25. The molecule has 0 atom stereocenters. The van der Waals surface area contributed by atoms with Crippen molar-refractivity contribution >= 4 is 17.7 Å². The molecule has 0 unspecified atom stereocenters. The fraction of sp³-hybridized carbons (Fsp3) is 0.0870. The lowest BCUT2D eigenvalue weighted by Gasteiger charge is -2.07. The van der Waals surface area contributed by atoms with Crippen molar-refractivity contribution in [2.24, 2.45) is 0 Å². The molecule has 29 heavy (non-hydrogen) atoms. The Hall–Kier alpha value is -3.38. The minimum atomic E-state index is -0.0625. The van der Waals surface area contributed by atoms with Crippen LogP contribution in [-0.2, 0) is 6.42 Å². The molecule has 0 saturated carbocycles. The number of carbonyl (C=O) groups is 1. The number of hydrogen-bond acceptors (Lipinski definition) is 4. The fourth-order valence-corrected chi connectivity index (χ4v) is 3.64. The zero-order valence-electron chi connectivity index (χ0n) is 15.7. The van der Waals surface area contributed by atoms with E-state index in [9.17, 15) is 4.79 Å². The van der Waals surface area contributed by atoms with Crippen molar-refractivity contribution in [1.82, 2.24) is 20.1 Å². The van der Waals surface area contributed by atoms with Crippen molar-refractivity contribution in [2.45, 2.75) is 16.3 Å². The van der Waals surface area contributed by atoms with Gasteiger partial charge in [0.2, 0.25) is 0 Å². The van der Waals surface area contributed by atoms with Crippen LogP contribution in [0.1, 0.15) is 15.9 Å². The van der Waals surface area contributed by atoms with Gasteiger partial charge < -0.3 is 5.32 Å². The summed E-state index contributed by atoms with van der Waals surface area (Å²) in [5.74, 6) is -0.0625. The standard InChI is InChI=1S/C23H20N4OS/c28-23(19-7-11-21(12-8-19)29-22-4-1-2-14-24-22)25-16-13-18-5-9-20(10-6-18)27-17-3-15-26-27/h1-12,14-15,17H,13,16H2,(H,25,28). The van der Waals surface area contributed by atoms with Gasteiger partial charge in [-0.15, -0.1) is 0 Å². The zero-order chi connectivity index (χ0) is 19.9. The number of pyridine rings is 1. The highest BCUT2D eigenvalue weighted by Gasteiger charge is 2.06. The molecule has 0 fully saturated rings. The topological polar surface area (TPSA) is 59.8 Å². The predicted molar refractivity (Wildman–Crippen MR) is 114 cm³/mol. The predicted octanol–water partition coefficient (Wildman–Crippen LogP) is 4.39. The number of benzene rings is 2. The van der Waals surface area contributed by atoms with Gasteiger partial charge in [-0.25, -0.2) is 9.67 Å². The summed E-state index contributed by atoms with van der Waals surface area (Å²) in [6, 6.07) is 23.5. The Morgan fingerprint density at radius 1 is 0.931 bits per heavy atom. The number of nitrogens with one attached hydrogen (secondary N) is 1. The van der Waals surface area contributed by atoms with E-state index < -0.39 is 0 Å². The highest BCUT2D eigenvalue weighted by molar-refractivity contribution is 7.99. The van der Waals surface area contributed by atoms with Crippen LogP contribution in [0.4, 0.5) is 0 Å². The molecular formula is C23H20N4OS. The first-order valence-electron chi connectivity index (χ1n) is 9.34. The number of amides is 1. The quantitative estimate of drug-likeness (QED) is 0.500. The van der Waals surface area contributed by atoms with Crippen LogP contribution in [0, 0.1) is 0 Å². The third-order valence-electron chi connectivity index (χ3n) is 4.38. The molecule has 1 amide bonds. The van der Waals surface area contributed by atoms with E-state index in [2.05, 4.69) is 27.5 Å². The third kappa shape index (κ3) is 5.12. The second-order valence-electron chi connectivity index (χ2n) is 6.42. The van der Waals surface area contributed by atoms with Crippen molar-refractivity contribution in [2.75, 3.05) is 6.54 Å². The molecule has 5 nitrogen and oxygen atoms in total. The Morgan fingerprint density at radius 3 is 2.45 bits per heavy atom. The molecule has 0 bridgehead atoms. The monoisotopic (exact) mass is 400 g/mol. The van der Waals surface area contributed by atoms with Crippen LogP contribution < -0.4 is 5.32 Å². The van der Waals surface area contributed by atoms with Gasteiger partial charge in [0.05, 0.1) is 5.69 Å². The van der Waals surface area contributed by atoms with Gasteiger partial charge in [0, 0.05) is 35.6 Å². The molecule has 1 N–H and O–H groups in total. The smallest absolute Gasteiger partial charge is 0.251 e. The van der Waals surface area contributed by atoms with Crippen molar-refractivity contribution in [3.63, 3.8) is 0 Å². The Balaban J connectivity index is 1.27. The number of rotatable bonds is 7. The van der Waals surface area contributed by atoms with E-state index in [0.29, 0.717) is 12.1 Å². The number of hydrogen-bond donors (Lipinski definition) is 1. The van der Waals surface area contributed by atoms with E-state index in [4.69, 9.17) is 0 Å². The highest BCUT2D eigenvalue weighted by Crippen LogP contribution is 2.25. The number of aromatic nitrogens is 3. The minimum absolute atomic E-state index is 0.0625. The van der Waals surface area contributed by atoms with Gasteiger partial charge in [-0.05, 0) is 66.6 Å². The molecule has 144 valence electrons. The van der Waals surface area contributed by atoms with E-state index in [1.165, 1.54) is 5.56 Å². The molecule has 0 aliphatic carbocycles. The second-order valence-corrected chi connectivity index (χ2v) is 7.51. The van der Waals surface area contributed by atoms with Crippen molar-refractivity contribution in [3.05, 3.63) is 103 Å². The average Bonchev–Trinajstić information content (AvgIpc) is 3.30. The largest absolute Gasteiger partial charge is 0.352 e. The maximum Gasteiger partial charge on any atom is 0.251 e. The first-order valence-corrected chi connectivity index (χ1v) is 10.2. The second kappa shape index (κ2) is 9.21. The van der Waals surface area contributed by atoms with Crippen molar-refractivity contribution in [1.29, 1.82) is 0 Å². The normalized spacial score (nSPS) is 10.6. The Morgan fingerprint density at radius 2 is 1.76 bits per heavy atom. The first kappa shape index (κ1) is 19.0. The van der Waals surface area contributed by atoms with Crippen LogP contribution >= 0.6 is 11.8 Å². The number of nitrogens with zero attached hydrogens (tertiary/aromatic N) is 3. The fourth-order valence-electron chi connectivity index (χ4n) is 2.86. The number of carbonyl (C=O) groups excluding carboxylic acids is 1. The van der Waals surface area contributed by atoms with E-state index in [1.807, 2.05) is 71.5 Å². The molecule has 2 heterocycles. The molecule has 2 aromatic heterocycles. The summed E-state index contributed by atoms with van der Waals surface area (Å²) in [7, 11) is 0. The SMILES string of the molecule is O=C(NCCc1ccc(-n2cccn2)cc1)c1ccc(Sc2ccccn2)cc1. The summed E-state index contributed by atoms with van der Waals surface area (Å²) in [5, 5.41) is 8.14. The molecule has 6 heteroatoms. The minimum Gasteiger partial charge on any atom is -0.352 e. The van der Waals surface area contributed by atoms with Gasteiger partial charge in [-0.3, -0.25) is 4.79 Å². The molecule has 4 aromatic rings. The summed E-state index contributed by atoms with van der Waals surface area (Å²) >= 11 is 1.57. The van der Waals surface area contributed by atoms with E-state index in [0.717, 1.165) is 22.0 Å². The van der Waals surface area contributed by atoms with Crippen molar-refractivity contribution < 1.29 is 4.79 Å². The molecule has 0 radical (unpaired) electrons. The Labute approximate surface area is 173 Å². The van der Waals surface area contributed by atoms with E-state index >= 15 is 0 Å². The van der Waals surface area contributed by atoms with Crippen LogP contribution in [0.15, 0.2) is 101 Å². The average molecular weight is 401 g/mol. The van der Waals surface area contributed by atoms with Crippen LogP contribution in [0.5, 0.6) is 0 Å². The van der Waals surface area contributed by atoms with Crippen molar-refractivity contribution in [3.8, 4) is 5.69 Å². The maximum atomic E-state index is 12.4. The van der Waals surface area contributed by atoms with E-state index in [-0.39, 0.29) is 5.91 Å². The molecule has 2 aromatic carbocycles. The molecule has 0 spiro atoms. The Bertz CT molecular complexity index is 1050.